The summed E-state index contributed by atoms with van der Waals surface area (Å²) in [5.41, 5.74) is 2.06. The third-order valence-electron chi connectivity index (χ3n) is 5.75. The molecule has 1 aliphatic heterocycles. The Morgan fingerprint density at radius 3 is 2.76 bits per heavy atom. The molecule has 1 fully saturated rings. The number of halogens is 2. The van der Waals surface area contributed by atoms with Crippen LogP contribution in [0.2, 0.25) is 10.0 Å². The lowest BCUT2D eigenvalue weighted by molar-refractivity contribution is -0.147. The molecular weight excluding hydrogens is 479 g/mol. The number of nitrogens with one attached hydrogen (secondary N) is 2. The fourth-order valence-corrected chi connectivity index (χ4v) is 4.47. The molecule has 10 heteroatoms. The maximum Gasteiger partial charge on any atom is 0.328 e. The summed E-state index contributed by atoms with van der Waals surface area (Å²) in [4.78, 5) is 47.2. The van der Waals surface area contributed by atoms with Crippen molar-refractivity contribution in [2.75, 3.05) is 13.2 Å². The topological polar surface area (TPSA) is 104 Å². The van der Waals surface area contributed by atoms with Crippen molar-refractivity contribution in [2.24, 2.45) is 0 Å². The van der Waals surface area contributed by atoms with E-state index in [9.17, 15) is 14.4 Å². The molecule has 3 aromatic rings. The number of nitrogens with zero attached hydrogens (tertiary/aromatic N) is 2. The zero-order valence-corrected chi connectivity index (χ0v) is 20.2. The Morgan fingerprint density at radius 2 is 2.03 bits per heavy atom. The van der Waals surface area contributed by atoms with Crippen LogP contribution in [0.1, 0.15) is 59.3 Å². The van der Waals surface area contributed by atoms with Crippen molar-refractivity contribution < 1.29 is 19.1 Å². The number of hydrogen-bond donors (Lipinski definition) is 2. The van der Waals surface area contributed by atoms with E-state index in [4.69, 9.17) is 27.9 Å². The zero-order chi connectivity index (χ0) is 24.4. The number of likely N-dealkylation sites (tertiary alicyclic amines) is 1. The van der Waals surface area contributed by atoms with Gasteiger partial charge in [0.2, 0.25) is 0 Å². The lowest BCUT2D eigenvalue weighted by Gasteiger charge is -2.23. The zero-order valence-electron chi connectivity index (χ0n) is 18.7. The number of carbonyl (C=O) groups excluding carboxylic acids is 3. The highest BCUT2D eigenvalue weighted by molar-refractivity contribution is 6.34. The Balaban J connectivity index is 1.47. The predicted octanol–water partition coefficient (Wildman–Crippen LogP) is 4.53. The molecule has 34 heavy (non-hydrogen) atoms. The van der Waals surface area contributed by atoms with E-state index < -0.39 is 18.1 Å². The minimum Gasteiger partial charge on any atom is -0.464 e. The van der Waals surface area contributed by atoms with Crippen LogP contribution in [0.25, 0.3) is 11.0 Å². The highest BCUT2D eigenvalue weighted by Gasteiger charge is 2.36. The molecule has 1 saturated heterocycles. The number of aromatic amines is 1. The molecule has 178 valence electrons. The number of hydrogen-bond acceptors (Lipinski definition) is 5. The Labute approximate surface area is 206 Å². The van der Waals surface area contributed by atoms with E-state index in [0.29, 0.717) is 35.8 Å². The highest BCUT2D eigenvalue weighted by Crippen LogP contribution is 2.26. The van der Waals surface area contributed by atoms with Crippen molar-refractivity contribution in [2.45, 2.75) is 38.8 Å². The van der Waals surface area contributed by atoms with E-state index >= 15 is 0 Å². The quantitative estimate of drug-likeness (QED) is 0.481. The number of aromatic nitrogens is 2. The van der Waals surface area contributed by atoms with Crippen LogP contribution in [-0.4, -0.2) is 51.8 Å². The van der Waals surface area contributed by atoms with Crippen molar-refractivity contribution in [3.8, 4) is 0 Å². The van der Waals surface area contributed by atoms with Gasteiger partial charge in [-0.15, -0.1) is 0 Å². The minimum atomic E-state index is -0.619. The van der Waals surface area contributed by atoms with E-state index in [2.05, 4.69) is 15.3 Å². The number of carbonyl (C=O) groups is 3. The predicted molar refractivity (Wildman–Crippen MR) is 129 cm³/mol. The molecule has 1 aromatic heterocycles. The molecule has 2 unspecified atom stereocenters. The normalized spacial score (nSPS) is 16.5. The van der Waals surface area contributed by atoms with E-state index in [1.807, 2.05) is 0 Å². The molecule has 2 amide bonds. The summed E-state index contributed by atoms with van der Waals surface area (Å²) in [5.74, 6) is -0.552. The minimum absolute atomic E-state index is 0.137. The summed E-state index contributed by atoms with van der Waals surface area (Å²) < 4.78 is 5.09. The Hall–Kier alpha value is -3.10. The Kier molecular flexibility index (Phi) is 7.09. The van der Waals surface area contributed by atoms with E-state index in [-0.39, 0.29) is 29.0 Å². The maximum absolute atomic E-state index is 13.1. The fourth-order valence-electron chi connectivity index (χ4n) is 4.03. The summed E-state index contributed by atoms with van der Waals surface area (Å²) in [7, 11) is 0. The van der Waals surface area contributed by atoms with Crippen LogP contribution in [0.5, 0.6) is 0 Å². The van der Waals surface area contributed by atoms with E-state index in [1.54, 1.807) is 32.0 Å². The van der Waals surface area contributed by atoms with E-state index in [1.165, 1.54) is 23.1 Å². The van der Waals surface area contributed by atoms with Crippen LogP contribution in [0, 0.1) is 0 Å². The molecular formula is C24H24Cl2N4O4. The van der Waals surface area contributed by atoms with Crippen molar-refractivity contribution in [3.05, 3.63) is 63.4 Å². The van der Waals surface area contributed by atoms with Gasteiger partial charge in [-0.2, -0.15) is 0 Å². The number of amides is 2. The first-order valence-electron chi connectivity index (χ1n) is 11.0. The summed E-state index contributed by atoms with van der Waals surface area (Å²) in [6, 6.07) is 8.78. The largest absolute Gasteiger partial charge is 0.464 e. The van der Waals surface area contributed by atoms with Crippen LogP contribution >= 0.6 is 23.2 Å². The van der Waals surface area contributed by atoms with Gasteiger partial charge in [0, 0.05) is 17.1 Å². The molecule has 2 N–H and O–H groups in total. The van der Waals surface area contributed by atoms with Gasteiger partial charge in [-0.25, -0.2) is 9.78 Å². The van der Waals surface area contributed by atoms with Gasteiger partial charge in [-0.1, -0.05) is 23.2 Å². The number of imidazole rings is 1. The number of fused-ring (bicyclic) bond motifs is 1. The van der Waals surface area contributed by atoms with Gasteiger partial charge < -0.3 is 19.9 Å². The van der Waals surface area contributed by atoms with Crippen LogP contribution in [0.4, 0.5) is 0 Å². The summed E-state index contributed by atoms with van der Waals surface area (Å²) >= 11 is 12.4. The number of H-pyrrole nitrogens is 1. The van der Waals surface area contributed by atoms with Crippen LogP contribution in [-0.2, 0) is 9.53 Å². The molecule has 0 spiro atoms. The van der Waals surface area contributed by atoms with Crippen molar-refractivity contribution >= 4 is 52.0 Å². The third kappa shape index (κ3) is 4.88. The molecule has 1 aliphatic rings. The van der Waals surface area contributed by atoms with E-state index in [0.717, 1.165) is 11.0 Å². The molecule has 0 saturated carbocycles. The van der Waals surface area contributed by atoms with Gasteiger partial charge in [0.25, 0.3) is 11.8 Å². The molecule has 2 atom stereocenters. The fraction of sp³-hybridized carbons (Fsp3) is 0.333. The Morgan fingerprint density at radius 1 is 1.24 bits per heavy atom. The maximum atomic E-state index is 13.1. The molecule has 2 aromatic carbocycles. The molecule has 0 aliphatic carbocycles. The second-order valence-electron chi connectivity index (χ2n) is 8.08. The Bertz CT molecular complexity index is 1260. The number of esters is 1. The van der Waals surface area contributed by atoms with Gasteiger partial charge in [0.15, 0.2) is 0 Å². The second kappa shape index (κ2) is 10.0. The highest BCUT2D eigenvalue weighted by atomic mass is 35.5. The molecule has 0 bridgehead atoms. The van der Waals surface area contributed by atoms with Gasteiger partial charge in [-0.3, -0.25) is 9.59 Å². The molecule has 2 heterocycles. The summed E-state index contributed by atoms with van der Waals surface area (Å²) in [5, 5.41) is 3.60. The first kappa shape index (κ1) is 24.0. The first-order valence-corrected chi connectivity index (χ1v) is 11.8. The number of benzene rings is 2. The lowest BCUT2D eigenvalue weighted by Crippen LogP contribution is -2.41. The standard InChI is InChI=1S/C24H24Cl2N4O4/c1-3-34-24(33)20-5-4-10-30(20)23(32)16-8-6-14(11-17(16)26)22(31)27-13(2)21-28-18-9-7-15(25)12-19(18)29-21/h6-9,11-13,20H,3-5,10H2,1-2H3,(H,27,31)(H,28,29). The lowest BCUT2D eigenvalue weighted by atomic mass is 10.1. The molecule has 0 radical (unpaired) electrons. The number of rotatable bonds is 6. The SMILES string of the molecule is CCOC(=O)C1CCCN1C(=O)c1ccc(C(=O)NC(C)c2nc3ccc(Cl)cc3[nH]2)cc1Cl. The average Bonchev–Trinajstić information content (AvgIpc) is 3.45. The van der Waals surface area contributed by atoms with Crippen LogP contribution in [0.15, 0.2) is 36.4 Å². The number of ether oxygens (including phenoxy) is 1. The second-order valence-corrected chi connectivity index (χ2v) is 8.93. The third-order valence-corrected chi connectivity index (χ3v) is 6.30. The van der Waals surface area contributed by atoms with Gasteiger partial charge in [-0.05, 0) is 63.1 Å². The van der Waals surface area contributed by atoms with Crippen molar-refractivity contribution in [3.63, 3.8) is 0 Å². The molecule has 8 nitrogen and oxygen atoms in total. The smallest absolute Gasteiger partial charge is 0.328 e. The average molecular weight is 503 g/mol. The van der Waals surface area contributed by atoms with Crippen molar-refractivity contribution in [1.29, 1.82) is 0 Å². The summed E-state index contributed by atoms with van der Waals surface area (Å²) in [6.07, 6.45) is 1.26. The van der Waals surface area contributed by atoms with Crippen LogP contribution < -0.4 is 5.32 Å². The van der Waals surface area contributed by atoms with Crippen molar-refractivity contribution in [1.82, 2.24) is 20.2 Å². The molecule has 4 rings (SSSR count). The van der Waals surface area contributed by atoms with Gasteiger partial charge in [0.1, 0.15) is 11.9 Å². The van der Waals surface area contributed by atoms with Crippen LogP contribution in [0.3, 0.4) is 0 Å². The monoisotopic (exact) mass is 502 g/mol. The summed E-state index contributed by atoms with van der Waals surface area (Å²) in [6.45, 7) is 4.23. The van der Waals surface area contributed by atoms with Gasteiger partial charge in [0.05, 0.1) is 34.3 Å². The first-order chi connectivity index (χ1) is 16.3. The van der Waals surface area contributed by atoms with Gasteiger partial charge >= 0.3 is 5.97 Å².